The number of halogens is 2. The van der Waals surface area contributed by atoms with Crippen LogP contribution in [-0.2, 0) is 15.6 Å². The van der Waals surface area contributed by atoms with Crippen LogP contribution >= 0.6 is 23.2 Å². The van der Waals surface area contributed by atoms with Gasteiger partial charge in [0.15, 0.2) is 11.6 Å². The van der Waals surface area contributed by atoms with Crippen molar-refractivity contribution >= 4 is 46.0 Å². The molecule has 0 saturated carbocycles. The molecule has 0 spiro atoms. The third-order valence-corrected chi connectivity index (χ3v) is 10.2. The summed E-state index contributed by atoms with van der Waals surface area (Å²) in [4.78, 5) is 29.2. The van der Waals surface area contributed by atoms with Crippen LogP contribution in [-0.4, -0.2) is 24.7 Å². The van der Waals surface area contributed by atoms with Crippen LogP contribution in [0.2, 0.25) is 10.0 Å². The molecule has 7 rings (SSSR count). The van der Waals surface area contributed by atoms with Gasteiger partial charge in [-0.3, -0.25) is 9.59 Å². The zero-order valence-corrected chi connectivity index (χ0v) is 26.7. The number of ketones is 2. The molecule has 0 radical (unpaired) electrons. The fraction of sp³-hybridized carbons (Fsp3) is 0.333. The summed E-state index contributed by atoms with van der Waals surface area (Å²) in [6.45, 7) is 15.3. The van der Waals surface area contributed by atoms with E-state index in [1.54, 1.807) is 19.1 Å². The molecule has 0 bridgehead atoms. The van der Waals surface area contributed by atoms with Crippen molar-refractivity contribution in [1.82, 2.24) is 0 Å². The van der Waals surface area contributed by atoms with Crippen LogP contribution in [0.1, 0.15) is 91.8 Å². The van der Waals surface area contributed by atoms with Crippen molar-refractivity contribution in [3.05, 3.63) is 109 Å². The van der Waals surface area contributed by atoms with Gasteiger partial charge in [-0.2, -0.15) is 0 Å². The zero-order valence-electron chi connectivity index (χ0n) is 25.2. The van der Waals surface area contributed by atoms with Gasteiger partial charge in [0, 0.05) is 47.1 Å². The zero-order chi connectivity index (χ0) is 30.6. The quantitative estimate of drug-likeness (QED) is 0.237. The molecule has 43 heavy (non-hydrogen) atoms. The van der Waals surface area contributed by atoms with Gasteiger partial charge in [0.25, 0.3) is 0 Å². The van der Waals surface area contributed by atoms with Crippen molar-refractivity contribution in [3.8, 4) is 5.75 Å². The van der Waals surface area contributed by atoms with Gasteiger partial charge in [-0.25, -0.2) is 0 Å². The molecule has 0 aromatic heterocycles. The second kappa shape index (κ2) is 9.48. The maximum absolute atomic E-state index is 13.3. The van der Waals surface area contributed by atoms with Crippen molar-refractivity contribution < 1.29 is 19.1 Å². The van der Waals surface area contributed by atoms with Gasteiger partial charge in [0.2, 0.25) is 0 Å². The SMILES string of the molecule is CC1=CC(=C2C(=O)c3cc(Cl)c(Cl)cc3C2=O)C=C(C=C2C=C(C)c3cc4c5c(c3O2)C(C)(C)CCN5CCC4(C)C)O1. The lowest BCUT2D eigenvalue weighted by Crippen LogP contribution is -2.45. The number of carbonyl (C=O) groups excluding carboxylic acids is 2. The molecule has 0 saturated heterocycles. The van der Waals surface area contributed by atoms with Gasteiger partial charge in [-0.15, -0.1) is 0 Å². The number of Topliss-reactive ketones (excluding diaryl/α,β-unsaturated/α-hetero) is 2. The van der Waals surface area contributed by atoms with Crippen molar-refractivity contribution in [1.29, 1.82) is 0 Å². The highest BCUT2D eigenvalue weighted by molar-refractivity contribution is 6.45. The second-order valence-corrected chi connectivity index (χ2v) is 14.3. The maximum Gasteiger partial charge on any atom is 0.198 e. The average Bonchev–Trinajstić information content (AvgIpc) is 3.15. The number of benzene rings is 2. The fourth-order valence-corrected chi connectivity index (χ4v) is 7.36. The molecule has 5 aliphatic rings. The first kappa shape index (κ1) is 28.2. The predicted octanol–water partition coefficient (Wildman–Crippen LogP) is 9.04. The van der Waals surface area contributed by atoms with E-state index in [4.69, 9.17) is 32.7 Å². The number of anilines is 1. The van der Waals surface area contributed by atoms with Crippen LogP contribution < -0.4 is 9.64 Å². The molecule has 4 heterocycles. The molecule has 0 amide bonds. The standard InChI is InChI=1S/C36H33Cl2NO4/c1-18-11-21(43-34-23(18)15-26-31-30(34)36(5,6)8-10-39(31)9-7-35(26,3)4)14-22-13-20(12-19(2)42-22)29-32(40)24-16-27(37)28(38)17-25(24)33(29)41/h11-17H,7-10H2,1-6H3. The minimum atomic E-state index is -0.375. The van der Waals surface area contributed by atoms with Crippen molar-refractivity contribution in [3.63, 3.8) is 0 Å². The van der Waals surface area contributed by atoms with Crippen LogP contribution in [0, 0.1) is 0 Å². The molecule has 2 aromatic carbocycles. The Kier molecular flexibility index (Phi) is 6.23. The lowest BCUT2D eigenvalue weighted by atomic mass is 9.68. The molecule has 2 aromatic rings. The molecule has 0 fully saturated rings. The van der Waals surface area contributed by atoms with E-state index >= 15 is 0 Å². The molecule has 1 aliphatic carbocycles. The smallest absolute Gasteiger partial charge is 0.198 e. The summed E-state index contributed by atoms with van der Waals surface area (Å²) in [6.07, 6.45) is 9.46. The van der Waals surface area contributed by atoms with Crippen molar-refractivity contribution in [2.75, 3.05) is 18.0 Å². The first-order chi connectivity index (χ1) is 20.2. The van der Waals surface area contributed by atoms with E-state index in [9.17, 15) is 9.59 Å². The molecule has 0 atom stereocenters. The van der Waals surface area contributed by atoms with E-state index in [1.165, 1.54) is 28.9 Å². The van der Waals surface area contributed by atoms with Gasteiger partial charge < -0.3 is 14.4 Å². The Morgan fingerprint density at radius 3 is 2.09 bits per heavy atom. The minimum Gasteiger partial charge on any atom is -0.462 e. The Balaban J connectivity index is 1.32. The van der Waals surface area contributed by atoms with Gasteiger partial charge in [0.05, 0.1) is 15.6 Å². The molecule has 0 N–H and O–H groups in total. The van der Waals surface area contributed by atoms with Crippen LogP contribution in [0.25, 0.3) is 5.57 Å². The molecular weight excluding hydrogens is 581 g/mol. The van der Waals surface area contributed by atoms with Gasteiger partial charge >= 0.3 is 0 Å². The summed E-state index contributed by atoms with van der Waals surface area (Å²) in [6, 6.07) is 5.26. The Morgan fingerprint density at radius 2 is 1.44 bits per heavy atom. The van der Waals surface area contributed by atoms with Crippen LogP contribution in [0.15, 0.2) is 70.9 Å². The van der Waals surface area contributed by atoms with E-state index in [2.05, 4.69) is 45.6 Å². The number of ether oxygens (including phenoxy) is 2. The molecular formula is C36H33Cl2NO4. The van der Waals surface area contributed by atoms with Crippen LogP contribution in [0.3, 0.4) is 0 Å². The third-order valence-electron chi connectivity index (χ3n) is 9.50. The number of hydrogen-bond acceptors (Lipinski definition) is 5. The van der Waals surface area contributed by atoms with Crippen molar-refractivity contribution in [2.45, 2.75) is 65.2 Å². The van der Waals surface area contributed by atoms with Gasteiger partial charge in [0.1, 0.15) is 23.0 Å². The average molecular weight is 615 g/mol. The Bertz CT molecular complexity index is 1810. The number of hydrogen-bond donors (Lipinski definition) is 0. The number of rotatable bonds is 1. The van der Waals surface area contributed by atoms with Crippen LogP contribution in [0.4, 0.5) is 5.69 Å². The van der Waals surface area contributed by atoms with Gasteiger partial charge in [-0.05, 0) is 90.7 Å². The summed E-state index contributed by atoms with van der Waals surface area (Å²) < 4.78 is 12.8. The topological polar surface area (TPSA) is 55.8 Å². The maximum atomic E-state index is 13.3. The number of allylic oxidation sites excluding steroid dienone is 8. The van der Waals surface area contributed by atoms with E-state index < -0.39 is 0 Å². The summed E-state index contributed by atoms with van der Waals surface area (Å²) in [5, 5.41) is 0.471. The summed E-state index contributed by atoms with van der Waals surface area (Å²) in [5.41, 5.74) is 7.36. The minimum absolute atomic E-state index is 0.0520. The first-order valence-corrected chi connectivity index (χ1v) is 15.5. The lowest BCUT2D eigenvalue weighted by Gasteiger charge is -2.49. The molecule has 5 nitrogen and oxygen atoms in total. The monoisotopic (exact) mass is 613 g/mol. The Hall–Kier alpha value is -3.54. The molecule has 7 heteroatoms. The van der Waals surface area contributed by atoms with E-state index in [-0.39, 0.29) is 49.1 Å². The number of carbonyl (C=O) groups is 2. The van der Waals surface area contributed by atoms with E-state index in [0.717, 1.165) is 42.8 Å². The normalized spacial score (nSPS) is 22.3. The number of nitrogens with zero attached hydrogens (tertiary/aromatic N) is 1. The van der Waals surface area contributed by atoms with E-state index in [1.807, 2.05) is 12.2 Å². The van der Waals surface area contributed by atoms with Gasteiger partial charge in [-0.1, -0.05) is 50.9 Å². The Morgan fingerprint density at radius 1 is 0.814 bits per heavy atom. The highest BCUT2D eigenvalue weighted by atomic mass is 35.5. The second-order valence-electron chi connectivity index (χ2n) is 13.5. The fourth-order valence-electron chi connectivity index (χ4n) is 7.03. The Labute approximate surface area is 262 Å². The third kappa shape index (κ3) is 4.35. The largest absolute Gasteiger partial charge is 0.462 e. The van der Waals surface area contributed by atoms with Crippen molar-refractivity contribution in [2.24, 2.45) is 0 Å². The van der Waals surface area contributed by atoms with E-state index in [0.29, 0.717) is 22.9 Å². The summed E-state index contributed by atoms with van der Waals surface area (Å²) in [7, 11) is 0. The molecule has 220 valence electrons. The summed E-state index contributed by atoms with van der Waals surface area (Å²) >= 11 is 12.3. The molecule has 0 unspecified atom stereocenters. The van der Waals surface area contributed by atoms with Crippen LogP contribution in [0.5, 0.6) is 5.75 Å². The number of fused-ring (bicyclic) bond motifs is 3. The summed E-state index contributed by atoms with van der Waals surface area (Å²) in [5.74, 6) is 1.83. The highest BCUT2D eigenvalue weighted by Gasteiger charge is 2.44. The lowest BCUT2D eigenvalue weighted by molar-refractivity contribution is 0.0987. The molecule has 4 aliphatic heterocycles. The first-order valence-electron chi connectivity index (χ1n) is 14.7. The highest BCUT2D eigenvalue weighted by Crippen LogP contribution is 2.55. The predicted molar refractivity (Wildman–Crippen MR) is 171 cm³/mol.